The first-order valence-electron chi connectivity index (χ1n) is 6.27. The zero-order chi connectivity index (χ0) is 14.8. The van der Waals surface area contributed by atoms with E-state index in [0.717, 1.165) is 0 Å². The highest BCUT2D eigenvalue weighted by atomic mass is 19.1. The second kappa shape index (κ2) is 5.20. The van der Waals surface area contributed by atoms with Gasteiger partial charge in [-0.2, -0.15) is 5.10 Å². The van der Waals surface area contributed by atoms with E-state index in [1.54, 1.807) is 24.3 Å². The quantitative estimate of drug-likeness (QED) is 0.738. The third-order valence-electron chi connectivity index (χ3n) is 3.11. The van der Waals surface area contributed by atoms with E-state index in [-0.39, 0.29) is 11.4 Å². The number of carbonyl (C=O) groups is 1. The third kappa shape index (κ3) is 2.41. The summed E-state index contributed by atoms with van der Waals surface area (Å²) in [5.41, 5.74) is 1.66. The van der Waals surface area contributed by atoms with Gasteiger partial charge in [0.15, 0.2) is 0 Å². The molecule has 0 spiro atoms. The lowest BCUT2D eigenvalue weighted by Crippen LogP contribution is -2.22. The summed E-state index contributed by atoms with van der Waals surface area (Å²) in [4.78, 5) is 11.3. The van der Waals surface area contributed by atoms with Crippen LogP contribution in [0.2, 0.25) is 0 Å². The summed E-state index contributed by atoms with van der Waals surface area (Å²) in [6.07, 6.45) is 1.24. The fourth-order valence-corrected chi connectivity index (χ4v) is 2.15. The Labute approximate surface area is 120 Å². The van der Waals surface area contributed by atoms with Gasteiger partial charge in [-0.05, 0) is 24.3 Å². The van der Waals surface area contributed by atoms with Gasteiger partial charge in [0, 0.05) is 11.1 Å². The van der Waals surface area contributed by atoms with Crippen molar-refractivity contribution in [3.63, 3.8) is 0 Å². The molecular formula is C16H10FN2O2-. The zero-order valence-electron chi connectivity index (χ0n) is 10.9. The Hall–Kier alpha value is -2.95. The Kier molecular flexibility index (Phi) is 3.23. The predicted octanol–water partition coefficient (Wildman–Crippen LogP) is 2.04. The van der Waals surface area contributed by atoms with Crippen LogP contribution in [0.4, 0.5) is 4.39 Å². The molecule has 5 heteroatoms. The Balaban J connectivity index is 2.22. The molecule has 0 saturated carbocycles. The Bertz CT molecular complexity index is 780. The average Bonchev–Trinajstić information content (AvgIpc) is 2.94. The summed E-state index contributed by atoms with van der Waals surface area (Å²) < 4.78 is 14.5. The molecule has 3 rings (SSSR count). The molecule has 0 saturated heterocycles. The molecule has 0 unspecified atom stereocenters. The van der Waals surface area contributed by atoms with Gasteiger partial charge in [0.2, 0.25) is 0 Å². The molecule has 0 N–H and O–H groups in total. The van der Waals surface area contributed by atoms with Crippen LogP contribution in [0.1, 0.15) is 10.4 Å². The monoisotopic (exact) mass is 281 g/mol. The number of hydrogen-bond donors (Lipinski definition) is 0. The van der Waals surface area contributed by atoms with E-state index in [1.807, 2.05) is 6.07 Å². The molecule has 21 heavy (non-hydrogen) atoms. The maximum Gasteiger partial charge on any atom is 0.123 e. The lowest BCUT2D eigenvalue weighted by atomic mass is 10.1. The SMILES string of the molecule is O=C([O-])c1cnn(-c2ccc(F)cc2)c1-c1ccccc1. The minimum absolute atomic E-state index is 0.00877. The normalized spacial score (nSPS) is 10.5. The molecule has 1 heterocycles. The number of halogens is 1. The Morgan fingerprint density at radius 3 is 2.33 bits per heavy atom. The van der Waals surface area contributed by atoms with E-state index in [2.05, 4.69) is 5.10 Å². The van der Waals surface area contributed by atoms with Gasteiger partial charge >= 0.3 is 0 Å². The number of carboxylic acid groups (broad SMARTS) is 1. The maximum absolute atomic E-state index is 13.0. The molecule has 0 atom stereocenters. The van der Waals surface area contributed by atoms with Crippen molar-refractivity contribution < 1.29 is 14.3 Å². The molecule has 0 aliphatic rings. The fourth-order valence-electron chi connectivity index (χ4n) is 2.15. The topological polar surface area (TPSA) is 57.9 Å². The first-order valence-corrected chi connectivity index (χ1v) is 6.27. The minimum Gasteiger partial charge on any atom is -0.545 e. The summed E-state index contributed by atoms with van der Waals surface area (Å²) in [5, 5.41) is 15.4. The number of rotatable bonds is 3. The van der Waals surface area contributed by atoms with E-state index in [1.165, 1.54) is 35.1 Å². The Morgan fingerprint density at radius 1 is 1.05 bits per heavy atom. The van der Waals surface area contributed by atoms with Crippen LogP contribution in [0.5, 0.6) is 0 Å². The van der Waals surface area contributed by atoms with Crippen LogP contribution in [-0.4, -0.2) is 15.7 Å². The van der Waals surface area contributed by atoms with Crippen molar-refractivity contribution in [2.24, 2.45) is 0 Å². The average molecular weight is 281 g/mol. The molecular weight excluding hydrogens is 271 g/mol. The van der Waals surface area contributed by atoms with Crippen molar-refractivity contribution in [3.8, 4) is 16.9 Å². The van der Waals surface area contributed by atoms with Gasteiger partial charge in [-0.25, -0.2) is 9.07 Å². The summed E-state index contributed by atoms with van der Waals surface area (Å²) in [5.74, 6) is -1.67. The molecule has 0 aliphatic heterocycles. The maximum atomic E-state index is 13.0. The van der Waals surface area contributed by atoms with Gasteiger partial charge in [0.05, 0.1) is 23.5 Å². The van der Waals surface area contributed by atoms with E-state index in [0.29, 0.717) is 16.9 Å². The summed E-state index contributed by atoms with van der Waals surface area (Å²) in [6, 6.07) is 14.7. The second-order valence-corrected chi connectivity index (χ2v) is 4.45. The largest absolute Gasteiger partial charge is 0.545 e. The van der Waals surface area contributed by atoms with Crippen LogP contribution >= 0.6 is 0 Å². The molecule has 2 aromatic carbocycles. The molecule has 0 amide bonds. The van der Waals surface area contributed by atoms with Gasteiger partial charge in [-0.3, -0.25) is 0 Å². The van der Waals surface area contributed by atoms with Crippen LogP contribution in [-0.2, 0) is 0 Å². The lowest BCUT2D eigenvalue weighted by Gasteiger charge is -2.10. The third-order valence-corrected chi connectivity index (χ3v) is 3.11. The van der Waals surface area contributed by atoms with Crippen LogP contribution < -0.4 is 5.11 Å². The number of carboxylic acids is 1. The Morgan fingerprint density at radius 2 is 1.71 bits per heavy atom. The molecule has 3 aromatic rings. The highest BCUT2D eigenvalue weighted by Gasteiger charge is 2.15. The van der Waals surface area contributed by atoms with E-state index in [4.69, 9.17) is 0 Å². The first-order chi connectivity index (χ1) is 10.2. The number of aromatic nitrogens is 2. The summed E-state index contributed by atoms with van der Waals surface area (Å²) in [7, 11) is 0. The molecule has 1 aromatic heterocycles. The molecule has 0 bridgehead atoms. The first kappa shape index (κ1) is 13.1. The van der Waals surface area contributed by atoms with Crippen molar-refractivity contribution in [2.75, 3.05) is 0 Å². The molecule has 104 valence electrons. The smallest absolute Gasteiger partial charge is 0.123 e. The molecule has 0 radical (unpaired) electrons. The van der Waals surface area contributed by atoms with Crippen LogP contribution in [0.15, 0.2) is 60.8 Å². The number of carbonyl (C=O) groups excluding carboxylic acids is 1. The van der Waals surface area contributed by atoms with Crippen molar-refractivity contribution in [2.45, 2.75) is 0 Å². The molecule has 0 fully saturated rings. The standard InChI is InChI=1S/C16H11FN2O2/c17-12-6-8-13(9-7-12)19-15(11-4-2-1-3-5-11)14(10-18-19)16(20)21/h1-10H,(H,20,21)/p-1. The van der Waals surface area contributed by atoms with E-state index >= 15 is 0 Å². The lowest BCUT2D eigenvalue weighted by molar-refractivity contribution is -0.254. The predicted molar refractivity (Wildman–Crippen MR) is 73.3 cm³/mol. The highest BCUT2D eigenvalue weighted by molar-refractivity contribution is 5.93. The number of aromatic carboxylic acids is 1. The van der Waals surface area contributed by atoms with Gasteiger partial charge in [0.25, 0.3) is 0 Å². The van der Waals surface area contributed by atoms with E-state index in [9.17, 15) is 14.3 Å². The summed E-state index contributed by atoms with van der Waals surface area (Å²) in [6.45, 7) is 0. The van der Waals surface area contributed by atoms with Crippen molar-refractivity contribution in [1.29, 1.82) is 0 Å². The fraction of sp³-hybridized carbons (Fsp3) is 0. The van der Waals surface area contributed by atoms with Crippen LogP contribution in [0.25, 0.3) is 16.9 Å². The van der Waals surface area contributed by atoms with Gasteiger partial charge in [-0.1, -0.05) is 30.3 Å². The van der Waals surface area contributed by atoms with E-state index < -0.39 is 5.97 Å². The summed E-state index contributed by atoms with van der Waals surface area (Å²) >= 11 is 0. The molecule has 0 aliphatic carbocycles. The number of nitrogens with zero attached hydrogens (tertiary/aromatic N) is 2. The van der Waals surface area contributed by atoms with Gasteiger partial charge in [-0.15, -0.1) is 0 Å². The van der Waals surface area contributed by atoms with Crippen LogP contribution in [0, 0.1) is 5.82 Å². The number of benzene rings is 2. The van der Waals surface area contributed by atoms with Gasteiger partial charge < -0.3 is 9.90 Å². The van der Waals surface area contributed by atoms with Crippen molar-refractivity contribution in [1.82, 2.24) is 9.78 Å². The van der Waals surface area contributed by atoms with Crippen molar-refractivity contribution in [3.05, 3.63) is 72.2 Å². The van der Waals surface area contributed by atoms with Crippen molar-refractivity contribution >= 4 is 5.97 Å². The van der Waals surface area contributed by atoms with Crippen LogP contribution in [0.3, 0.4) is 0 Å². The highest BCUT2D eigenvalue weighted by Crippen LogP contribution is 2.26. The molecule has 4 nitrogen and oxygen atoms in total. The number of hydrogen-bond acceptors (Lipinski definition) is 3. The second-order valence-electron chi connectivity index (χ2n) is 4.45. The zero-order valence-corrected chi connectivity index (χ0v) is 10.9. The van der Waals surface area contributed by atoms with Gasteiger partial charge in [0.1, 0.15) is 5.82 Å². The minimum atomic E-state index is -1.30.